The molecule has 22 heavy (non-hydrogen) atoms. The van der Waals surface area contributed by atoms with Gasteiger partial charge in [0.25, 0.3) is 0 Å². The molecule has 2 aromatic carbocycles. The van der Waals surface area contributed by atoms with Crippen LogP contribution in [-0.4, -0.2) is 38.7 Å². The van der Waals surface area contributed by atoms with E-state index >= 15 is 0 Å². The quantitative estimate of drug-likeness (QED) is 0.731. The first-order valence-electron chi connectivity index (χ1n) is 6.99. The molecule has 0 aliphatic rings. The van der Waals surface area contributed by atoms with Crippen molar-refractivity contribution < 1.29 is 13.3 Å². The molecule has 0 fully saturated rings. The molecule has 0 spiro atoms. The third kappa shape index (κ3) is 4.03. The van der Waals surface area contributed by atoms with Crippen molar-refractivity contribution in [3.63, 3.8) is 0 Å². The van der Waals surface area contributed by atoms with Crippen LogP contribution in [0.5, 0.6) is 0 Å². The smallest absolute Gasteiger partial charge is 0.380 e. The highest BCUT2D eigenvalue weighted by atomic mass is 29.2. The van der Waals surface area contributed by atoms with Gasteiger partial charge in [-0.2, -0.15) is 0 Å². The Morgan fingerprint density at radius 3 is 1.55 bits per heavy atom. The molecule has 0 saturated heterocycles. The fraction of sp³-hybridized carbons (Fsp3) is 0.176. The number of rotatable bonds is 7. The minimum atomic E-state index is -2.59. The first-order chi connectivity index (χ1) is 10.7. The molecule has 5 heteroatoms. The largest absolute Gasteiger partial charge is 0.469 e. The molecule has 2 aromatic rings. The molecular formula is C17H20O3Si2. The summed E-state index contributed by atoms with van der Waals surface area (Å²) in [7, 11) is 2.67. The Morgan fingerprint density at radius 1 is 0.773 bits per heavy atom. The molecule has 0 bridgehead atoms. The van der Waals surface area contributed by atoms with Gasteiger partial charge in [-0.3, -0.25) is 0 Å². The zero-order chi connectivity index (χ0) is 15.8. The molecule has 3 nitrogen and oxygen atoms in total. The Hall–Kier alpha value is -1.51. The predicted molar refractivity (Wildman–Crippen MR) is 92.5 cm³/mol. The predicted octanol–water partition coefficient (Wildman–Crippen LogP) is 3.15. The van der Waals surface area contributed by atoms with Crippen molar-refractivity contribution in [3.8, 4) is 0 Å². The lowest BCUT2D eigenvalue weighted by atomic mass is 10.00. The van der Waals surface area contributed by atoms with Gasteiger partial charge in [0.15, 0.2) is 9.04 Å². The van der Waals surface area contributed by atoms with E-state index in [-0.39, 0.29) is 0 Å². The van der Waals surface area contributed by atoms with Gasteiger partial charge in [0.2, 0.25) is 0 Å². The number of hydrogen-bond donors (Lipinski definition) is 0. The Balaban J connectivity index is 2.39. The van der Waals surface area contributed by atoms with Gasteiger partial charge in [-0.05, 0) is 16.7 Å². The first kappa shape index (κ1) is 16.9. The highest BCUT2D eigenvalue weighted by molar-refractivity contribution is 7.16. The van der Waals surface area contributed by atoms with Crippen LogP contribution in [-0.2, 0) is 13.3 Å². The maximum Gasteiger partial charge on any atom is 0.469 e. The van der Waals surface area contributed by atoms with Gasteiger partial charge in [0.1, 0.15) is 0 Å². The summed E-state index contributed by atoms with van der Waals surface area (Å²) in [5.74, 6) is 0. The fourth-order valence-electron chi connectivity index (χ4n) is 2.16. The number of hydrogen-bond acceptors (Lipinski definition) is 3. The topological polar surface area (TPSA) is 27.7 Å². The zero-order valence-electron chi connectivity index (χ0n) is 13.1. The molecule has 2 rings (SSSR count). The van der Waals surface area contributed by atoms with Crippen LogP contribution >= 0.6 is 0 Å². The summed E-state index contributed by atoms with van der Waals surface area (Å²) in [6, 6.07) is 20.7. The summed E-state index contributed by atoms with van der Waals surface area (Å²) in [5.41, 5.74) is 5.69. The van der Waals surface area contributed by atoms with Gasteiger partial charge in [-0.1, -0.05) is 66.4 Å². The van der Waals surface area contributed by atoms with E-state index in [4.69, 9.17) is 13.3 Å². The van der Waals surface area contributed by atoms with Crippen molar-refractivity contribution >= 4 is 22.9 Å². The third-order valence-electron chi connectivity index (χ3n) is 3.37. The second-order valence-electron chi connectivity index (χ2n) is 4.60. The summed E-state index contributed by atoms with van der Waals surface area (Å²) in [6.07, 6.45) is 0. The van der Waals surface area contributed by atoms with Crippen LogP contribution in [0.15, 0.2) is 66.4 Å². The first-order valence-corrected chi connectivity index (χ1v) is 10.8. The van der Waals surface area contributed by atoms with Crippen LogP contribution < -0.4 is 0 Å². The second kappa shape index (κ2) is 8.21. The second-order valence-corrected chi connectivity index (χ2v) is 10.2. The van der Waals surface area contributed by atoms with Crippen LogP contribution in [0.3, 0.4) is 0 Å². The SMILES string of the molecule is CO[Si](OC)(OC)[Si]C=C(c1ccccc1)c1ccccc1. The fourth-order valence-corrected chi connectivity index (χ4v) is 5.69. The lowest BCUT2D eigenvalue weighted by Gasteiger charge is -2.23. The summed E-state index contributed by atoms with van der Waals surface area (Å²) in [5, 5.41) is 0. The molecule has 0 amide bonds. The summed E-state index contributed by atoms with van der Waals surface area (Å²) >= 11 is 0. The van der Waals surface area contributed by atoms with E-state index in [2.05, 4.69) is 30.0 Å². The summed E-state index contributed by atoms with van der Waals surface area (Å²) in [4.78, 5) is 0. The molecular weight excluding hydrogens is 308 g/mol. The van der Waals surface area contributed by atoms with Crippen molar-refractivity contribution in [2.75, 3.05) is 21.3 Å². The van der Waals surface area contributed by atoms with Crippen LogP contribution in [0.4, 0.5) is 0 Å². The van der Waals surface area contributed by atoms with E-state index in [9.17, 15) is 0 Å². The molecule has 0 heterocycles. The van der Waals surface area contributed by atoms with Crippen molar-refractivity contribution in [2.24, 2.45) is 0 Å². The van der Waals surface area contributed by atoms with Gasteiger partial charge >= 0.3 is 8.32 Å². The minimum absolute atomic E-state index is 0.335. The molecule has 0 saturated carbocycles. The Kier molecular flexibility index (Phi) is 6.29. The van der Waals surface area contributed by atoms with Gasteiger partial charge in [-0.15, -0.1) is 0 Å². The van der Waals surface area contributed by atoms with Crippen LogP contribution in [0.1, 0.15) is 11.1 Å². The van der Waals surface area contributed by atoms with E-state index in [0.717, 1.165) is 0 Å². The molecule has 114 valence electrons. The summed E-state index contributed by atoms with van der Waals surface area (Å²) in [6.45, 7) is 0. The highest BCUT2D eigenvalue weighted by Gasteiger charge is 2.36. The Morgan fingerprint density at radius 2 is 1.18 bits per heavy atom. The standard InChI is InChI=1S/C17H20O3Si2/c1-18-22(19-2,20-3)21-14-17(15-10-6-4-7-11-15)16-12-8-5-9-13-16/h4-14H,1-3H3. The molecule has 0 N–H and O–H groups in total. The minimum Gasteiger partial charge on any atom is -0.380 e. The summed E-state index contributed by atoms with van der Waals surface area (Å²) < 4.78 is 16.6. The third-order valence-corrected chi connectivity index (χ3v) is 9.10. The molecule has 0 aromatic heterocycles. The van der Waals surface area contributed by atoms with E-state index in [0.29, 0.717) is 9.04 Å². The number of benzene rings is 2. The van der Waals surface area contributed by atoms with Crippen LogP contribution in [0.25, 0.3) is 5.57 Å². The Bertz CT molecular complexity index is 546. The van der Waals surface area contributed by atoms with Crippen molar-refractivity contribution in [3.05, 3.63) is 77.5 Å². The molecule has 0 atom stereocenters. The van der Waals surface area contributed by atoms with Crippen LogP contribution in [0, 0.1) is 0 Å². The van der Waals surface area contributed by atoms with Gasteiger partial charge in [0, 0.05) is 21.3 Å². The molecule has 2 radical (unpaired) electrons. The van der Waals surface area contributed by atoms with Crippen molar-refractivity contribution in [1.29, 1.82) is 0 Å². The van der Waals surface area contributed by atoms with Gasteiger partial charge < -0.3 is 13.3 Å². The van der Waals surface area contributed by atoms with E-state index < -0.39 is 8.32 Å². The van der Waals surface area contributed by atoms with E-state index in [1.165, 1.54) is 16.7 Å². The van der Waals surface area contributed by atoms with E-state index in [1.807, 2.05) is 36.4 Å². The maximum atomic E-state index is 5.52. The molecule has 0 aliphatic heterocycles. The Labute approximate surface area is 135 Å². The maximum absolute atomic E-state index is 5.52. The zero-order valence-corrected chi connectivity index (χ0v) is 15.1. The van der Waals surface area contributed by atoms with Crippen molar-refractivity contribution in [1.82, 2.24) is 0 Å². The van der Waals surface area contributed by atoms with Crippen LogP contribution in [0.2, 0.25) is 0 Å². The average molecular weight is 329 g/mol. The van der Waals surface area contributed by atoms with E-state index in [1.54, 1.807) is 21.3 Å². The molecule has 0 unspecified atom stereocenters. The highest BCUT2D eigenvalue weighted by Crippen LogP contribution is 2.23. The molecule has 0 aliphatic carbocycles. The monoisotopic (exact) mass is 328 g/mol. The van der Waals surface area contributed by atoms with Gasteiger partial charge in [-0.25, -0.2) is 0 Å². The van der Waals surface area contributed by atoms with Gasteiger partial charge in [0.05, 0.1) is 0 Å². The van der Waals surface area contributed by atoms with Crippen molar-refractivity contribution in [2.45, 2.75) is 0 Å². The normalized spacial score (nSPS) is 11.2. The average Bonchev–Trinajstić information content (AvgIpc) is 2.61. The lowest BCUT2D eigenvalue weighted by molar-refractivity contribution is 0.148. The lowest BCUT2D eigenvalue weighted by Crippen LogP contribution is -2.49.